The lowest BCUT2D eigenvalue weighted by Gasteiger charge is -2.33. The average molecular weight is 369 g/mol. The zero-order valence-corrected chi connectivity index (χ0v) is 15.5. The van der Waals surface area contributed by atoms with E-state index in [0.717, 1.165) is 31.4 Å². The summed E-state index contributed by atoms with van der Waals surface area (Å²) in [6.07, 6.45) is 6.98. The molecule has 2 atom stereocenters. The van der Waals surface area contributed by atoms with E-state index in [1.54, 1.807) is 0 Å². The number of rotatable bonds is 8. The van der Waals surface area contributed by atoms with Crippen LogP contribution < -0.4 is 0 Å². The SMILES string of the molecule is Cc1ccc([C@](C)(CCCCBr)CO[C@@H]2CCCCO2)cc1. The van der Waals surface area contributed by atoms with Gasteiger partial charge in [-0.3, -0.25) is 0 Å². The summed E-state index contributed by atoms with van der Waals surface area (Å²) in [7, 11) is 0. The standard InChI is InChI=1S/C19H29BrO2/c1-16-8-10-17(11-9-16)19(2,12-4-5-13-20)15-22-18-7-3-6-14-21-18/h8-11,18H,3-7,12-15H2,1-2H3/t18-,19-/m1/s1. The molecule has 3 heteroatoms. The summed E-state index contributed by atoms with van der Waals surface area (Å²) in [6.45, 7) is 6.05. The highest BCUT2D eigenvalue weighted by Gasteiger charge is 2.28. The van der Waals surface area contributed by atoms with Crippen LogP contribution >= 0.6 is 15.9 Å². The van der Waals surface area contributed by atoms with E-state index in [4.69, 9.17) is 9.47 Å². The molecule has 1 aliphatic heterocycles. The maximum absolute atomic E-state index is 6.13. The van der Waals surface area contributed by atoms with Gasteiger partial charge in [-0.1, -0.05) is 59.1 Å². The minimum atomic E-state index is -0.00491. The molecule has 0 amide bonds. The maximum Gasteiger partial charge on any atom is 0.157 e. The summed E-state index contributed by atoms with van der Waals surface area (Å²) >= 11 is 3.53. The van der Waals surface area contributed by atoms with Gasteiger partial charge in [-0.15, -0.1) is 0 Å². The fraction of sp³-hybridized carbons (Fsp3) is 0.684. The molecule has 1 heterocycles. The van der Waals surface area contributed by atoms with E-state index in [0.29, 0.717) is 0 Å². The molecule has 124 valence electrons. The predicted octanol–water partition coefficient (Wildman–Crippen LogP) is 5.36. The quantitative estimate of drug-likeness (QED) is 0.454. The Morgan fingerprint density at radius 1 is 1.23 bits per heavy atom. The van der Waals surface area contributed by atoms with E-state index in [1.807, 2.05) is 0 Å². The topological polar surface area (TPSA) is 18.5 Å². The summed E-state index contributed by atoms with van der Waals surface area (Å²) in [5, 5.41) is 1.07. The number of hydrogen-bond donors (Lipinski definition) is 0. The Labute approximate surface area is 143 Å². The van der Waals surface area contributed by atoms with Crippen LogP contribution in [0, 0.1) is 6.92 Å². The lowest BCUT2D eigenvalue weighted by molar-refractivity contribution is -0.171. The van der Waals surface area contributed by atoms with Gasteiger partial charge in [0.2, 0.25) is 0 Å². The Kier molecular flexibility index (Phi) is 7.39. The summed E-state index contributed by atoms with van der Waals surface area (Å²) in [4.78, 5) is 0. The van der Waals surface area contributed by atoms with E-state index in [-0.39, 0.29) is 11.7 Å². The first kappa shape index (κ1) is 18.0. The fourth-order valence-corrected chi connectivity index (χ4v) is 3.38. The molecular formula is C19H29BrO2. The largest absolute Gasteiger partial charge is 0.353 e. The number of halogens is 1. The molecule has 0 unspecified atom stereocenters. The third kappa shape index (κ3) is 5.36. The fourth-order valence-electron chi connectivity index (χ4n) is 2.98. The van der Waals surface area contributed by atoms with Crippen LogP contribution in [0.4, 0.5) is 0 Å². The number of benzene rings is 1. The Bertz CT molecular complexity index is 426. The Morgan fingerprint density at radius 3 is 2.64 bits per heavy atom. The number of alkyl halides is 1. The molecular weight excluding hydrogens is 340 g/mol. The molecule has 2 rings (SSSR count). The first-order valence-electron chi connectivity index (χ1n) is 8.50. The van der Waals surface area contributed by atoms with Gasteiger partial charge in [0.1, 0.15) is 0 Å². The number of hydrogen-bond acceptors (Lipinski definition) is 2. The average Bonchev–Trinajstić information content (AvgIpc) is 2.55. The third-order valence-corrected chi connectivity index (χ3v) is 5.15. The van der Waals surface area contributed by atoms with Crippen LogP contribution in [0.25, 0.3) is 0 Å². The van der Waals surface area contributed by atoms with Gasteiger partial charge in [-0.25, -0.2) is 0 Å². The summed E-state index contributed by atoms with van der Waals surface area (Å²) < 4.78 is 11.9. The van der Waals surface area contributed by atoms with E-state index >= 15 is 0 Å². The summed E-state index contributed by atoms with van der Waals surface area (Å²) in [6, 6.07) is 8.92. The molecule has 1 fully saturated rings. The highest BCUT2D eigenvalue weighted by molar-refractivity contribution is 9.09. The van der Waals surface area contributed by atoms with Gasteiger partial charge in [0, 0.05) is 17.4 Å². The monoisotopic (exact) mass is 368 g/mol. The Hall–Kier alpha value is -0.380. The highest BCUT2D eigenvalue weighted by Crippen LogP contribution is 2.31. The molecule has 0 aromatic heterocycles. The summed E-state index contributed by atoms with van der Waals surface area (Å²) in [5.74, 6) is 0. The molecule has 1 aliphatic rings. The molecule has 0 aliphatic carbocycles. The molecule has 1 aromatic rings. The van der Waals surface area contributed by atoms with Crippen LogP contribution in [-0.4, -0.2) is 24.8 Å². The van der Waals surface area contributed by atoms with Crippen molar-refractivity contribution in [1.29, 1.82) is 0 Å². The van der Waals surface area contributed by atoms with Crippen molar-refractivity contribution >= 4 is 15.9 Å². The van der Waals surface area contributed by atoms with Gasteiger partial charge in [0.25, 0.3) is 0 Å². The van der Waals surface area contributed by atoms with Crippen molar-refractivity contribution in [3.63, 3.8) is 0 Å². The number of unbranched alkanes of at least 4 members (excludes halogenated alkanes) is 1. The molecule has 0 radical (unpaired) electrons. The molecule has 22 heavy (non-hydrogen) atoms. The number of aryl methyl sites for hydroxylation is 1. The highest BCUT2D eigenvalue weighted by atomic mass is 79.9. The predicted molar refractivity (Wildman–Crippen MR) is 95.7 cm³/mol. The van der Waals surface area contributed by atoms with E-state index in [9.17, 15) is 0 Å². The van der Waals surface area contributed by atoms with Crippen LogP contribution in [0.3, 0.4) is 0 Å². The van der Waals surface area contributed by atoms with Gasteiger partial charge >= 0.3 is 0 Å². The lowest BCUT2D eigenvalue weighted by atomic mass is 9.78. The van der Waals surface area contributed by atoms with Gasteiger partial charge in [-0.05, 0) is 44.6 Å². The molecule has 0 bridgehead atoms. The van der Waals surface area contributed by atoms with Crippen molar-refractivity contribution in [2.75, 3.05) is 18.5 Å². The molecule has 2 nitrogen and oxygen atoms in total. The third-order valence-electron chi connectivity index (χ3n) is 4.59. The van der Waals surface area contributed by atoms with Gasteiger partial charge in [-0.2, -0.15) is 0 Å². The Morgan fingerprint density at radius 2 is 2.00 bits per heavy atom. The smallest absolute Gasteiger partial charge is 0.157 e. The van der Waals surface area contributed by atoms with E-state index in [1.165, 1.54) is 36.8 Å². The normalized spacial score (nSPS) is 21.5. The first-order chi connectivity index (χ1) is 10.6. The van der Waals surface area contributed by atoms with Crippen molar-refractivity contribution in [1.82, 2.24) is 0 Å². The van der Waals surface area contributed by atoms with E-state index < -0.39 is 0 Å². The van der Waals surface area contributed by atoms with Crippen molar-refractivity contribution < 1.29 is 9.47 Å². The van der Waals surface area contributed by atoms with Crippen molar-refractivity contribution in [3.8, 4) is 0 Å². The van der Waals surface area contributed by atoms with Crippen molar-refractivity contribution in [3.05, 3.63) is 35.4 Å². The Balaban J connectivity index is 2.01. The second-order valence-corrected chi connectivity index (χ2v) is 7.47. The van der Waals surface area contributed by atoms with Crippen LogP contribution in [0.2, 0.25) is 0 Å². The lowest BCUT2D eigenvalue weighted by Crippen LogP contribution is -2.33. The maximum atomic E-state index is 6.13. The van der Waals surface area contributed by atoms with Gasteiger partial charge in [0.15, 0.2) is 6.29 Å². The van der Waals surface area contributed by atoms with Crippen LogP contribution in [0.1, 0.15) is 56.6 Å². The number of ether oxygens (including phenoxy) is 2. The van der Waals surface area contributed by atoms with E-state index in [2.05, 4.69) is 54.0 Å². The molecule has 1 aromatic carbocycles. The van der Waals surface area contributed by atoms with Crippen LogP contribution in [0.5, 0.6) is 0 Å². The summed E-state index contributed by atoms with van der Waals surface area (Å²) in [5.41, 5.74) is 2.75. The second-order valence-electron chi connectivity index (χ2n) is 6.68. The molecule has 0 spiro atoms. The van der Waals surface area contributed by atoms with Gasteiger partial charge < -0.3 is 9.47 Å². The second kappa shape index (κ2) is 9.05. The zero-order chi connectivity index (χ0) is 15.8. The molecule has 0 saturated carbocycles. The van der Waals surface area contributed by atoms with Gasteiger partial charge in [0.05, 0.1) is 6.61 Å². The van der Waals surface area contributed by atoms with Crippen LogP contribution in [-0.2, 0) is 14.9 Å². The molecule has 1 saturated heterocycles. The minimum absolute atomic E-state index is 0.00491. The zero-order valence-electron chi connectivity index (χ0n) is 13.9. The minimum Gasteiger partial charge on any atom is -0.353 e. The van der Waals surface area contributed by atoms with Crippen molar-refractivity contribution in [2.45, 2.75) is 64.1 Å². The molecule has 0 N–H and O–H groups in total. The van der Waals surface area contributed by atoms with Crippen molar-refractivity contribution in [2.24, 2.45) is 0 Å². The first-order valence-corrected chi connectivity index (χ1v) is 9.62. The van der Waals surface area contributed by atoms with Crippen LogP contribution in [0.15, 0.2) is 24.3 Å².